The highest BCUT2D eigenvalue weighted by molar-refractivity contribution is 5.88. The molecule has 0 fully saturated rings. The van der Waals surface area contributed by atoms with Crippen LogP contribution in [0.3, 0.4) is 0 Å². The number of aromatic nitrogens is 4. The van der Waals surface area contributed by atoms with Gasteiger partial charge in [0.15, 0.2) is 16.9 Å². The molecule has 7 nitrogen and oxygen atoms in total. The van der Waals surface area contributed by atoms with Gasteiger partial charge in [0.1, 0.15) is 5.65 Å². The lowest BCUT2D eigenvalue weighted by molar-refractivity contribution is 0.356. The van der Waals surface area contributed by atoms with Crippen molar-refractivity contribution in [1.29, 1.82) is 0 Å². The van der Waals surface area contributed by atoms with Crippen LogP contribution < -0.4 is 14.9 Å². The van der Waals surface area contributed by atoms with E-state index in [9.17, 15) is 4.79 Å². The Balaban J connectivity index is 0.00000225. The van der Waals surface area contributed by atoms with Gasteiger partial charge in [-0.25, -0.2) is 4.68 Å². The Labute approximate surface area is 162 Å². The maximum atomic E-state index is 12.9. The third-order valence-electron chi connectivity index (χ3n) is 4.78. The Bertz CT molecular complexity index is 1190. The molecule has 146 valence electrons. The van der Waals surface area contributed by atoms with Gasteiger partial charge in [0.2, 0.25) is 0 Å². The van der Waals surface area contributed by atoms with E-state index in [1.807, 2.05) is 19.1 Å². The lowest BCUT2D eigenvalue weighted by Crippen LogP contribution is -2.11. The Morgan fingerprint density at radius 2 is 1.79 bits per heavy atom. The van der Waals surface area contributed by atoms with E-state index in [-0.39, 0.29) is 12.9 Å². The minimum Gasteiger partial charge on any atom is -0.493 e. The summed E-state index contributed by atoms with van der Waals surface area (Å²) in [7, 11) is 3.21. The zero-order valence-electron chi connectivity index (χ0n) is 15.4. The molecule has 3 heterocycles. The molecule has 0 radical (unpaired) electrons. The highest BCUT2D eigenvalue weighted by Gasteiger charge is 2.13. The Morgan fingerprint density at radius 1 is 1.04 bits per heavy atom. The number of hydrogen-bond acceptors (Lipinski definition) is 5. The van der Waals surface area contributed by atoms with Crippen LogP contribution in [-0.2, 0) is 13.0 Å². The van der Waals surface area contributed by atoms with Gasteiger partial charge in [0.05, 0.1) is 25.8 Å². The largest absolute Gasteiger partial charge is 0.493 e. The minimum atomic E-state index is -0.0130. The van der Waals surface area contributed by atoms with Gasteiger partial charge < -0.3 is 14.5 Å². The molecule has 0 bridgehead atoms. The summed E-state index contributed by atoms with van der Waals surface area (Å²) >= 11 is 0. The van der Waals surface area contributed by atoms with Gasteiger partial charge in [-0.3, -0.25) is 9.78 Å². The number of hydrogen-bond donors (Lipinski definition) is 1. The van der Waals surface area contributed by atoms with Crippen molar-refractivity contribution in [3.8, 4) is 11.5 Å². The molecule has 0 unspecified atom stereocenters. The maximum Gasteiger partial charge on any atom is 0.196 e. The van der Waals surface area contributed by atoms with Crippen LogP contribution in [0.15, 0.2) is 41.7 Å². The second-order valence-corrected chi connectivity index (χ2v) is 6.27. The number of nitrogens with one attached hydrogen (secondary N) is 1. The zero-order chi connectivity index (χ0) is 19.0. The topological polar surface area (TPSA) is 82.0 Å². The average molecular weight is 380 g/mol. The van der Waals surface area contributed by atoms with Crippen molar-refractivity contribution in [2.24, 2.45) is 0 Å². The lowest BCUT2D eigenvalue weighted by Gasteiger charge is -2.11. The van der Waals surface area contributed by atoms with Crippen LogP contribution in [0.25, 0.3) is 21.8 Å². The zero-order valence-corrected chi connectivity index (χ0v) is 15.4. The lowest BCUT2D eigenvalue weighted by atomic mass is 10.0. The number of H-pyrrole nitrogens is 1. The van der Waals surface area contributed by atoms with Crippen LogP contribution in [0.2, 0.25) is 0 Å². The molecule has 0 spiro atoms. The second kappa shape index (κ2) is 7.72. The number of benzene rings is 1. The molecule has 0 amide bonds. The van der Waals surface area contributed by atoms with Crippen LogP contribution in [0, 0.1) is 0 Å². The van der Waals surface area contributed by atoms with Gasteiger partial charge in [0.25, 0.3) is 0 Å². The molecule has 7 heteroatoms. The molecule has 0 aliphatic carbocycles. The molecular weight excluding hydrogens is 356 g/mol. The predicted octanol–water partition coefficient (Wildman–Crippen LogP) is 3.54. The minimum absolute atomic E-state index is 0. The molecule has 4 rings (SSSR count). The van der Waals surface area contributed by atoms with Crippen molar-refractivity contribution in [1.82, 2.24) is 19.7 Å². The molecule has 28 heavy (non-hydrogen) atoms. The van der Waals surface area contributed by atoms with E-state index >= 15 is 0 Å². The van der Waals surface area contributed by atoms with Gasteiger partial charge >= 0.3 is 0 Å². The molecular formula is C21H24N4O3. The van der Waals surface area contributed by atoms with E-state index in [0.717, 1.165) is 22.0 Å². The number of rotatable bonds is 5. The van der Waals surface area contributed by atoms with Crippen molar-refractivity contribution in [3.63, 3.8) is 0 Å². The fraction of sp³-hybridized carbons (Fsp3) is 0.286. The van der Waals surface area contributed by atoms with E-state index in [1.165, 1.54) is 0 Å². The van der Waals surface area contributed by atoms with E-state index in [2.05, 4.69) is 15.1 Å². The standard InChI is InChI=1S/C20H20N4O3.CH4/c1-4-24-20-16(11-23-24)19(25)14(10-22-20)5-12-8-21-9-13-6-17(26-2)18(27-3)7-15(12)13;/h6-11H,4-5H2,1-3H3,(H,22,25);1H4. The summed E-state index contributed by atoms with van der Waals surface area (Å²) in [6, 6.07) is 3.82. The summed E-state index contributed by atoms with van der Waals surface area (Å²) in [5.74, 6) is 1.29. The first-order valence-corrected chi connectivity index (χ1v) is 8.71. The Morgan fingerprint density at radius 3 is 2.50 bits per heavy atom. The van der Waals surface area contributed by atoms with Crippen LogP contribution in [0.1, 0.15) is 25.5 Å². The molecule has 0 atom stereocenters. The summed E-state index contributed by atoms with van der Waals surface area (Å²) in [5.41, 5.74) is 2.35. The van der Waals surface area contributed by atoms with E-state index in [0.29, 0.717) is 35.4 Å². The highest BCUT2D eigenvalue weighted by atomic mass is 16.5. The van der Waals surface area contributed by atoms with Crippen molar-refractivity contribution < 1.29 is 9.47 Å². The first-order chi connectivity index (χ1) is 13.2. The third kappa shape index (κ3) is 3.09. The smallest absolute Gasteiger partial charge is 0.196 e. The maximum absolute atomic E-state index is 12.9. The summed E-state index contributed by atoms with van der Waals surface area (Å²) in [6.07, 6.45) is 7.41. The van der Waals surface area contributed by atoms with Crippen molar-refractivity contribution >= 4 is 21.8 Å². The quantitative estimate of drug-likeness (QED) is 0.573. The Hall–Kier alpha value is -3.35. The molecule has 4 aromatic rings. The SMILES string of the molecule is C.CCn1ncc2c(=O)c(Cc3cncc4cc(OC)c(OC)cc34)c[nH]c21. The molecule has 1 aromatic carbocycles. The van der Waals surface area contributed by atoms with Crippen molar-refractivity contribution in [3.05, 3.63) is 58.3 Å². The number of fused-ring (bicyclic) bond motifs is 2. The first kappa shape index (κ1) is 19.4. The molecule has 0 aliphatic heterocycles. The number of pyridine rings is 2. The molecule has 1 N–H and O–H groups in total. The Kier molecular flexibility index (Phi) is 5.35. The highest BCUT2D eigenvalue weighted by Crippen LogP contribution is 2.33. The molecule has 3 aromatic heterocycles. The van der Waals surface area contributed by atoms with Gasteiger partial charge in [-0.15, -0.1) is 0 Å². The van der Waals surface area contributed by atoms with Crippen LogP contribution in [-0.4, -0.2) is 34.0 Å². The average Bonchev–Trinajstić information content (AvgIpc) is 3.13. The van der Waals surface area contributed by atoms with E-state index in [1.54, 1.807) is 43.7 Å². The summed E-state index contributed by atoms with van der Waals surface area (Å²) in [6.45, 7) is 2.69. The predicted molar refractivity (Wildman–Crippen MR) is 110 cm³/mol. The van der Waals surface area contributed by atoms with Crippen molar-refractivity contribution in [2.45, 2.75) is 27.3 Å². The first-order valence-electron chi connectivity index (χ1n) is 8.71. The summed E-state index contributed by atoms with van der Waals surface area (Å²) in [4.78, 5) is 20.4. The monoisotopic (exact) mass is 380 g/mol. The number of aryl methyl sites for hydroxylation is 1. The van der Waals surface area contributed by atoms with Crippen LogP contribution in [0.5, 0.6) is 11.5 Å². The van der Waals surface area contributed by atoms with Crippen LogP contribution >= 0.6 is 0 Å². The van der Waals surface area contributed by atoms with Crippen molar-refractivity contribution in [2.75, 3.05) is 14.2 Å². The number of nitrogens with zero attached hydrogens (tertiary/aromatic N) is 3. The van der Waals surface area contributed by atoms with Crippen LogP contribution in [0.4, 0.5) is 0 Å². The summed E-state index contributed by atoms with van der Waals surface area (Å²) in [5, 5.41) is 6.77. The molecule has 0 saturated carbocycles. The number of methoxy groups -OCH3 is 2. The number of ether oxygens (including phenoxy) is 2. The normalized spacial score (nSPS) is 10.8. The number of aromatic amines is 1. The fourth-order valence-electron chi connectivity index (χ4n) is 3.37. The fourth-order valence-corrected chi connectivity index (χ4v) is 3.37. The van der Waals surface area contributed by atoms with Gasteiger partial charge in [0, 0.05) is 42.5 Å². The van der Waals surface area contributed by atoms with Gasteiger partial charge in [-0.2, -0.15) is 5.10 Å². The summed E-state index contributed by atoms with van der Waals surface area (Å²) < 4.78 is 12.6. The molecule has 0 aliphatic rings. The van der Waals surface area contributed by atoms with E-state index < -0.39 is 0 Å². The third-order valence-corrected chi connectivity index (χ3v) is 4.78. The van der Waals surface area contributed by atoms with Gasteiger partial charge in [-0.1, -0.05) is 7.43 Å². The van der Waals surface area contributed by atoms with Gasteiger partial charge in [-0.05, 0) is 30.0 Å². The molecule has 0 saturated heterocycles. The second-order valence-electron chi connectivity index (χ2n) is 6.27. The van der Waals surface area contributed by atoms with E-state index in [4.69, 9.17) is 9.47 Å².